The van der Waals surface area contributed by atoms with Crippen LogP contribution in [0.4, 0.5) is 11.4 Å². The van der Waals surface area contributed by atoms with Gasteiger partial charge in [-0.05, 0) is 41.9 Å². The van der Waals surface area contributed by atoms with E-state index in [-0.39, 0.29) is 5.91 Å². The van der Waals surface area contributed by atoms with Gasteiger partial charge in [-0.1, -0.05) is 31.2 Å². The fourth-order valence-electron chi connectivity index (χ4n) is 3.01. The van der Waals surface area contributed by atoms with Crippen molar-refractivity contribution in [2.24, 2.45) is 0 Å². The molecule has 0 spiro atoms. The van der Waals surface area contributed by atoms with Gasteiger partial charge in [0.2, 0.25) is 5.91 Å². The molecular formula is C23H34N4O. The Bertz CT molecular complexity index is 738. The molecule has 0 aromatic heterocycles. The summed E-state index contributed by atoms with van der Waals surface area (Å²) in [7, 11) is 10.0. The van der Waals surface area contributed by atoms with Gasteiger partial charge in [0.05, 0.1) is 6.54 Å². The third-order valence-electron chi connectivity index (χ3n) is 4.96. The highest BCUT2D eigenvalue weighted by Crippen LogP contribution is 2.15. The van der Waals surface area contributed by atoms with Crippen LogP contribution >= 0.6 is 0 Å². The molecule has 0 saturated heterocycles. The topological polar surface area (TPSA) is 30.0 Å². The van der Waals surface area contributed by atoms with Crippen molar-refractivity contribution < 1.29 is 4.79 Å². The quantitative estimate of drug-likeness (QED) is 0.666. The van der Waals surface area contributed by atoms with Gasteiger partial charge in [0.15, 0.2) is 0 Å². The van der Waals surface area contributed by atoms with Gasteiger partial charge in [-0.25, -0.2) is 0 Å². The predicted octanol–water partition coefficient (Wildman–Crippen LogP) is 3.30. The van der Waals surface area contributed by atoms with Gasteiger partial charge in [-0.2, -0.15) is 0 Å². The molecule has 0 heterocycles. The number of hydrogen-bond acceptors (Lipinski definition) is 4. The van der Waals surface area contributed by atoms with E-state index in [1.807, 2.05) is 40.1 Å². The lowest BCUT2D eigenvalue weighted by atomic mass is 10.1. The van der Waals surface area contributed by atoms with E-state index >= 15 is 0 Å². The first-order chi connectivity index (χ1) is 13.3. The predicted molar refractivity (Wildman–Crippen MR) is 119 cm³/mol. The molecule has 0 aliphatic carbocycles. The lowest BCUT2D eigenvalue weighted by molar-refractivity contribution is -0.131. The molecule has 0 aliphatic heterocycles. The van der Waals surface area contributed by atoms with Crippen molar-refractivity contribution in [2.45, 2.75) is 20.0 Å². The van der Waals surface area contributed by atoms with Crippen molar-refractivity contribution in [3.8, 4) is 0 Å². The Hall–Kier alpha value is -2.53. The summed E-state index contributed by atoms with van der Waals surface area (Å²) < 4.78 is 0. The standard InChI is InChI=1S/C23H34N4O/c1-7-27(17-20-10-14-22(15-11-20)25(4)5)18-23(28)26(6)16-19-8-12-21(13-9-19)24(2)3/h8-15H,7,16-18H2,1-6H3. The number of carbonyl (C=O) groups excluding carboxylic acids is 1. The van der Waals surface area contributed by atoms with Gasteiger partial charge in [0.1, 0.15) is 0 Å². The van der Waals surface area contributed by atoms with Crippen molar-refractivity contribution in [3.05, 3.63) is 59.7 Å². The minimum Gasteiger partial charge on any atom is -0.378 e. The summed E-state index contributed by atoms with van der Waals surface area (Å²) in [6.07, 6.45) is 0. The fraction of sp³-hybridized carbons (Fsp3) is 0.435. The van der Waals surface area contributed by atoms with Gasteiger partial charge in [-0.15, -0.1) is 0 Å². The monoisotopic (exact) mass is 382 g/mol. The van der Waals surface area contributed by atoms with Gasteiger partial charge >= 0.3 is 0 Å². The van der Waals surface area contributed by atoms with Crippen LogP contribution in [0.5, 0.6) is 0 Å². The maximum atomic E-state index is 12.7. The molecule has 28 heavy (non-hydrogen) atoms. The van der Waals surface area contributed by atoms with Gasteiger partial charge in [-0.3, -0.25) is 9.69 Å². The number of hydrogen-bond donors (Lipinski definition) is 0. The average Bonchev–Trinajstić information content (AvgIpc) is 2.68. The zero-order valence-electron chi connectivity index (χ0n) is 18.1. The Morgan fingerprint density at radius 1 is 0.714 bits per heavy atom. The lowest BCUT2D eigenvalue weighted by Gasteiger charge is -2.24. The number of nitrogens with zero attached hydrogens (tertiary/aromatic N) is 4. The zero-order chi connectivity index (χ0) is 20.7. The summed E-state index contributed by atoms with van der Waals surface area (Å²) in [6.45, 7) is 4.77. The Morgan fingerprint density at radius 2 is 1.14 bits per heavy atom. The van der Waals surface area contributed by atoms with Crippen LogP contribution in [-0.2, 0) is 17.9 Å². The number of carbonyl (C=O) groups is 1. The molecule has 5 nitrogen and oxygen atoms in total. The Labute approximate surface area is 170 Å². The largest absolute Gasteiger partial charge is 0.378 e. The van der Waals surface area contributed by atoms with E-state index < -0.39 is 0 Å². The molecule has 2 aromatic carbocycles. The van der Waals surface area contributed by atoms with Crippen LogP contribution in [0.3, 0.4) is 0 Å². The van der Waals surface area contributed by atoms with Crippen LogP contribution in [0.15, 0.2) is 48.5 Å². The first-order valence-corrected chi connectivity index (χ1v) is 9.79. The lowest BCUT2D eigenvalue weighted by Crippen LogP contribution is -2.37. The van der Waals surface area contributed by atoms with Crippen molar-refractivity contribution in [3.63, 3.8) is 0 Å². The number of likely N-dealkylation sites (N-methyl/N-ethyl adjacent to an activating group) is 2. The minimum atomic E-state index is 0.142. The first-order valence-electron chi connectivity index (χ1n) is 9.79. The Kier molecular flexibility index (Phi) is 7.88. The van der Waals surface area contributed by atoms with Crippen LogP contribution < -0.4 is 9.80 Å². The molecule has 0 fully saturated rings. The van der Waals surface area contributed by atoms with Gasteiger partial charge in [0, 0.05) is 59.7 Å². The second-order valence-corrected chi connectivity index (χ2v) is 7.67. The molecule has 152 valence electrons. The van der Waals surface area contributed by atoms with Crippen LogP contribution in [0.1, 0.15) is 18.1 Å². The van der Waals surface area contributed by atoms with Crippen LogP contribution in [0, 0.1) is 0 Å². The Morgan fingerprint density at radius 3 is 1.54 bits per heavy atom. The third kappa shape index (κ3) is 6.27. The smallest absolute Gasteiger partial charge is 0.236 e. The van der Waals surface area contributed by atoms with E-state index in [4.69, 9.17) is 0 Å². The molecule has 2 rings (SSSR count). The van der Waals surface area contributed by atoms with Crippen molar-refractivity contribution >= 4 is 17.3 Å². The van der Waals surface area contributed by atoms with Crippen LogP contribution in [0.2, 0.25) is 0 Å². The van der Waals surface area contributed by atoms with E-state index in [0.29, 0.717) is 13.1 Å². The van der Waals surface area contributed by atoms with Crippen molar-refractivity contribution in [1.82, 2.24) is 9.80 Å². The minimum absolute atomic E-state index is 0.142. The van der Waals surface area contributed by atoms with E-state index in [9.17, 15) is 4.79 Å². The number of rotatable bonds is 9. The molecule has 0 N–H and O–H groups in total. The highest BCUT2D eigenvalue weighted by Gasteiger charge is 2.14. The first kappa shape index (κ1) is 21.8. The molecule has 0 atom stereocenters. The molecule has 0 aliphatic rings. The van der Waals surface area contributed by atoms with E-state index in [1.165, 1.54) is 11.3 Å². The molecule has 5 heteroatoms. The second-order valence-electron chi connectivity index (χ2n) is 7.67. The second kappa shape index (κ2) is 10.1. The summed E-state index contributed by atoms with van der Waals surface area (Å²) in [5.74, 6) is 0.142. The fourth-order valence-corrected chi connectivity index (χ4v) is 3.01. The summed E-state index contributed by atoms with van der Waals surface area (Å²) >= 11 is 0. The number of amides is 1. The molecular weight excluding hydrogens is 348 g/mol. The molecule has 2 aromatic rings. The maximum absolute atomic E-state index is 12.7. The average molecular weight is 383 g/mol. The van der Waals surface area contributed by atoms with Gasteiger partial charge in [0.25, 0.3) is 0 Å². The summed E-state index contributed by atoms with van der Waals surface area (Å²) in [5, 5.41) is 0. The normalized spacial score (nSPS) is 10.8. The van der Waals surface area contributed by atoms with Crippen molar-refractivity contribution in [2.75, 3.05) is 58.1 Å². The molecule has 0 bridgehead atoms. The van der Waals surface area contributed by atoms with E-state index in [0.717, 1.165) is 24.3 Å². The summed E-state index contributed by atoms with van der Waals surface area (Å²) in [6, 6.07) is 16.9. The molecule has 0 radical (unpaired) electrons. The SMILES string of the molecule is CCN(CC(=O)N(C)Cc1ccc(N(C)C)cc1)Cc1ccc(N(C)C)cc1. The zero-order valence-corrected chi connectivity index (χ0v) is 18.1. The van der Waals surface area contributed by atoms with Crippen LogP contribution in [0.25, 0.3) is 0 Å². The highest BCUT2D eigenvalue weighted by molar-refractivity contribution is 5.78. The third-order valence-corrected chi connectivity index (χ3v) is 4.96. The van der Waals surface area contributed by atoms with E-state index in [1.54, 1.807) is 0 Å². The Balaban J connectivity index is 1.91. The number of anilines is 2. The van der Waals surface area contributed by atoms with Gasteiger partial charge < -0.3 is 14.7 Å². The molecule has 1 amide bonds. The highest BCUT2D eigenvalue weighted by atomic mass is 16.2. The van der Waals surface area contributed by atoms with E-state index in [2.05, 4.69) is 70.2 Å². The maximum Gasteiger partial charge on any atom is 0.236 e. The van der Waals surface area contributed by atoms with Crippen molar-refractivity contribution in [1.29, 1.82) is 0 Å². The molecule has 0 unspecified atom stereocenters. The summed E-state index contributed by atoms with van der Waals surface area (Å²) in [5.41, 5.74) is 4.71. The van der Waals surface area contributed by atoms with Crippen LogP contribution in [-0.4, -0.2) is 64.0 Å². The summed E-state index contributed by atoms with van der Waals surface area (Å²) in [4.78, 5) is 20.8. The number of benzene rings is 2. The molecule has 0 saturated carbocycles.